The van der Waals surface area contributed by atoms with Crippen LogP contribution in [-0.2, 0) is 22.7 Å². The van der Waals surface area contributed by atoms with Crippen LogP contribution in [0, 0.1) is 18.3 Å². The van der Waals surface area contributed by atoms with E-state index in [2.05, 4.69) is 35.0 Å². The largest absolute Gasteiger partial charge is 0.486 e. The molecule has 3 fully saturated rings. The van der Waals surface area contributed by atoms with E-state index in [0.29, 0.717) is 48.4 Å². The van der Waals surface area contributed by atoms with Gasteiger partial charge in [-0.05, 0) is 111 Å². The van der Waals surface area contributed by atoms with Gasteiger partial charge in [-0.2, -0.15) is 5.26 Å². The lowest BCUT2D eigenvalue weighted by atomic mass is 9.84. The van der Waals surface area contributed by atoms with Gasteiger partial charge in [-0.3, -0.25) is 39.1 Å². The Kier molecular flexibility index (Phi) is 8.14. The first kappa shape index (κ1) is 33.6. The van der Waals surface area contributed by atoms with E-state index in [4.69, 9.17) is 4.74 Å². The number of carbonyl (C=O) groups excluding carboxylic acids is 5. The average molecular weight is 701 g/mol. The van der Waals surface area contributed by atoms with Gasteiger partial charge in [0.15, 0.2) is 0 Å². The van der Waals surface area contributed by atoms with E-state index in [-0.39, 0.29) is 36.4 Å². The highest BCUT2D eigenvalue weighted by molar-refractivity contribution is 6.23. The molecule has 5 aliphatic heterocycles. The van der Waals surface area contributed by atoms with E-state index < -0.39 is 29.7 Å². The first-order valence-electron chi connectivity index (χ1n) is 17.9. The van der Waals surface area contributed by atoms with Crippen LogP contribution < -0.4 is 15.0 Å². The SMILES string of the molecule is Cc1cc(N2C[C@@H](Oc3ccc(C(=O)N4CCC(N5Cc6cc7c(cc6C5)C(=O)N(C5CCC(=O)NC5=O)C7=O)CC4)cc3)C2(C)C)ccc1C#N. The minimum atomic E-state index is -0.978. The predicted molar refractivity (Wildman–Crippen MR) is 189 cm³/mol. The van der Waals surface area contributed by atoms with E-state index >= 15 is 0 Å². The Morgan fingerprint density at radius 3 is 2.13 bits per heavy atom. The average Bonchev–Trinajstić information content (AvgIpc) is 3.66. The third kappa shape index (κ3) is 5.60. The normalized spacial score (nSPS) is 22.8. The zero-order valence-corrected chi connectivity index (χ0v) is 29.5. The molecule has 1 N–H and O–H groups in total. The maximum Gasteiger partial charge on any atom is 0.262 e. The Morgan fingerprint density at radius 1 is 0.904 bits per heavy atom. The molecule has 3 aromatic carbocycles. The highest BCUT2D eigenvalue weighted by Crippen LogP contribution is 2.39. The van der Waals surface area contributed by atoms with Gasteiger partial charge in [0.05, 0.1) is 34.8 Å². The van der Waals surface area contributed by atoms with Crippen LogP contribution in [0.1, 0.15) is 92.9 Å². The number of carbonyl (C=O) groups is 5. The summed E-state index contributed by atoms with van der Waals surface area (Å²) < 4.78 is 6.36. The van der Waals surface area contributed by atoms with Crippen LogP contribution in [0.4, 0.5) is 5.69 Å². The molecule has 52 heavy (non-hydrogen) atoms. The molecule has 266 valence electrons. The van der Waals surface area contributed by atoms with Crippen molar-refractivity contribution in [2.24, 2.45) is 0 Å². The number of nitrogens with zero attached hydrogens (tertiary/aromatic N) is 5. The number of piperidine rings is 2. The summed E-state index contributed by atoms with van der Waals surface area (Å²) >= 11 is 0. The Morgan fingerprint density at radius 2 is 1.56 bits per heavy atom. The highest BCUT2D eigenvalue weighted by Gasteiger charge is 2.49. The fourth-order valence-corrected chi connectivity index (χ4v) is 8.36. The summed E-state index contributed by atoms with van der Waals surface area (Å²) in [5, 5.41) is 11.5. The molecule has 0 aromatic heterocycles. The molecular weight excluding hydrogens is 660 g/mol. The number of rotatable bonds is 6. The quantitative estimate of drug-likeness (QED) is 0.379. The van der Waals surface area contributed by atoms with Crippen LogP contribution >= 0.6 is 0 Å². The van der Waals surface area contributed by atoms with E-state index in [0.717, 1.165) is 52.4 Å². The smallest absolute Gasteiger partial charge is 0.262 e. The van der Waals surface area contributed by atoms with Gasteiger partial charge in [-0.1, -0.05) is 0 Å². The first-order chi connectivity index (χ1) is 24.9. The molecule has 0 saturated carbocycles. The molecule has 0 radical (unpaired) electrons. The third-order valence-electron chi connectivity index (χ3n) is 11.6. The van der Waals surface area contributed by atoms with Crippen molar-refractivity contribution in [1.82, 2.24) is 20.0 Å². The Balaban J connectivity index is 0.841. The van der Waals surface area contributed by atoms with E-state index in [1.54, 1.807) is 12.1 Å². The van der Waals surface area contributed by atoms with Crippen molar-refractivity contribution >= 4 is 35.2 Å². The second kappa shape index (κ2) is 12.6. The number of nitrogens with one attached hydrogen (secondary N) is 1. The van der Waals surface area contributed by atoms with Crippen LogP contribution in [0.25, 0.3) is 0 Å². The Labute approximate surface area is 301 Å². The van der Waals surface area contributed by atoms with Crippen molar-refractivity contribution in [3.63, 3.8) is 0 Å². The number of benzene rings is 3. The van der Waals surface area contributed by atoms with Gasteiger partial charge >= 0.3 is 0 Å². The zero-order valence-electron chi connectivity index (χ0n) is 29.5. The second-order valence-corrected chi connectivity index (χ2v) is 15.0. The number of hydrogen-bond acceptors (Lipinski definition) is 9. The van der Waals surface area contributed by atoms with Crippen LogP contribution in [0.3, 0.4) is 0 Å². The topological polar surface area (TPSA) is 143 Å². The third-order valence-corrected chi connectivity index (χ3v) is 11.6. The molecule has 3 aromatic rings. The maximum atomic E-state index is 13.5. The number of amides is 5. The van der Waals surface area contributed by atoms with Crippen molar-refractivity contribution in [3.05, 3.63) is 93.5 Å². The van der Waals surface area contributed by atoms with Crippen LogP contribution in [-0.4, -0.2) is 87.6 Å². The number of aryl methyl sites for hydroxylation is 1. The van der Waals surface area contributed by atoms with Crippen LogP contribution in [0.5, 0.6) is 5.75 Å². The molecule has 5 amide bonds. The van der Waals surface area contributed by atoms with Gasteiger partial charge < -0.3 is 14.5 Å². The zero-order chi connectivity index (χ0) is 36.5. The van der Waals surface area contributed by atoms with Crippen molar-refractivity contribution < 1.29 is 28.7 Å². The summed E-state index contributed by atoms with van der Waals surface area (Å²) in [5.74, 6) is -1.28. The number of hydrogen-bond donors (Lipinski definition) is 1. The van der Waals surface area contributed by atoms with Crippen molar-refractivity contribution in [2.45, 2.75) is 83.3 Å². The molecule has 3 saturated heterocycles. The summed E-state index contributed by atoms with van der Waals surface area (Å²) in [6.07, 6.45) is 1.81. The molecule has 1 unspecified atom stereocenters. The van der Waals surface area contributed by atoms with Crippen molar-refractivity contribution in [2.75, 3.05) is 24.5 Å². The minimum Gasteiger partial charge on any atom is -0.486 e. The number of ether oxygens (including phenoxy) is 1. The molecular formula is C40H40N6O6. The molecule has 0 bridgehead atoms. The number of likely N-dealkylation sites (tertiary alicyclic amines) is 1. The maximum absolute atomic E-state index is 13.5. The van der Waals surface area contributed by atoms with Gasteiger partial charge in [0.2, 0.25) is 11.8 Å². The van der Waals surface area contributed by atoms with Gasteiger partial charge in [-0.25, -0.2) is 0 Å². The Hall–Kier alpha value is -5.54. The molecule has 5 heterocycles. The molecule has 5 aliphatic rings. The number of anilines is 1. The van der Waals surface area contributed by atoms with Gasteiger partial charge in [0.1, 0.15) is 17.9 Å². The standard InChI is InChI=1S/C40H40N6O6/c1-23-16-29(7-4-25(23)19-41)45-22-34(40(45,2)3)52-30-8-5-24(6-9-30)37(49)43-14-12-28(13-15-43)44-20-26-17-31-32(18-27(26)21-44)39(51)46(38(31)50)33-10-11-35(47)42-36(33)48/h4-9,16-18,28,33-34H,10-15,20-22H2,1-3H3,(H,42,47,48)/t33?,34-/m1/s1. The molecule has 12 nitrogen and oxygen atoms in total. The van der Waals surface area contributed by atoms with Gasteiger partial charge in [0.25, 0.3) is 17.7 Å². The fourth-order valence-electron chi connectivity index (χ4n) is 8.36. The Bertz CT molecular complexity index is 2030. The molecule has 12 heteroatoms. The lowest BCUT2D eigenvalue weighted by Crippen LogP contribution is -2.70. The summed E-state index contributed by atoms with van der Waals surface area (Å²) in [6, 6.07) is 18.4. The van der Waals surface area contributed by atoms with E-state index in [1.807, 2.05) is 54.3 Å². The molecule has 8 rings (SSSR count). The van der Waals surface area contributed by atoms with Crippen LogP contribution in [0.15, 0.2) is 54.6 Å². The summed E-state index contributed by atoms with van der Waals surface area (Å²) in [4.78, 5) is 71.6. The number of fused-ring (bicyclic) bond motifs is 2. The number of imide groups is 2. The summed E-state index contributed by atoms with van der Waals surface area (Å²) in [5.41, 5.74) is 5.68. The van der Waals surface area contributed by atoms with E-state index in [9.17, 15) is 29.2 Å². The molecule has 0 aliphatic carbocycles. The second-order valence-electron chi connectivity index (χ2n) is 15.0. The molecule has 0 spiro atoms. The fraction of sp³-hybridized carbons (Fsp3) is 0.400. The molecule has 2 atom stereocenters. The summed E-state index contributed by atoms with van der Waals surface area (Å²) in [7, 11) is 0. The van der Waals surface area contributed by atoms with Crippen molar-refractivity contribution in [3.8, 4) is 11.8 Å². The van der Waals surface area contributed by atoms with Gasteiger partial charge in [-0.15, -0.1) is 0 Å². The van der Waals surface area contributed by atoms with E-state index in [1.165, 1.54) is 0 Å². The number of nitriles is 1. The van der Waals surface area contributed by atoms with Crippen molar-refractivity contribution in [1.29, 1.82) is 5.26 Å². The lowest BCUT2D eigenvalue weighted by Gasteiger charge is -2.55. The lowest BCUT2D eigenvalue weighted by molar-refractivity contribution is -0.136. The minimum absolute atomic E-state index is 0.00457. The monoisotopic (exact) mass is 700 g/mol. The van der Waals surface area contributed by atoms with Gasteiger partial charge in [0, 0.05) is 49.9 Å². The highest BCUT2D eigenvalue weighted by atomic mass is 16.5. The van der Waals surface area contributed by atoms with Crippen LogP contribution in [0.2, 0.25) is 0 Å². The first-order valence-corrected chi connectivity index (χ1v) is 17.9. The predicted octanol–water partition coefficient (Wildman–Crippen LogP) is 3.93. The summed E-state index contributed by atoms with van der Waals surface area (Å²) in [6.45, 7) is 9.50.